The molecular weight excluding hydrogens is 550 g/mol. The third-order valence-electron chi connectivity index (χ3n) is 9.53. The number of esters is 1. The molecule has 41 heavy (non-hydrogen) atoms. The van der Waals surface area contributed by atoms with Crippen molar-refractivity contribution in [2.75, 3.05) is 0 Å². The highest BCUT2D eigenvalue weighted by Crippen LogP contribution is 2.64. The van der Waals surface area contributed by atoms with E-state index in [1.807, 2.05) is 0 Å². The van der Waals surface area contributed by atoms with Crippen molar-refractivity contribution in [2.45, 2.75) is 94.8 Å². The molecule has 6 nitrogen and oxygen atoms in total. The maximum absolute atomic E-state index is 14.1. The second-order valence-corrected chi connectivity index (χ2v) is 15.7. The first-order chi connectivity index (χ1) is 18.8. The van der Waals surface area contributed by atoms with Gasteiger partial charge >= 0.3 is 21.3 Å². The molecule has 0 saturated heterocycles. The van der Waals surface area contributed by atoms with E-state index in [4.69, 9.17) is 9.29 Å². The highest BCUT2D eigenvalue weighted by molar-refractivity contribution is 7.87. The van der Waals surface area contributed by atoms with Gasteiger partial charge in [-0.05, 0) is 77.5 Å². The molecule has 0 aliphatic heterocycles. The first-order valence-electron chi connectivity index (χ1n) is 14.1. The van der Waals surface area contributed by atoms with Crippen LogP contribution in [0.5, 0.6) is 0 Å². The molecule has 0 radical (unpaired) electrons. The van der Waals surface area contributed by atoms with Gasteiger partial charge in [-0.3, -0.25) is 9.35 Å². The van der Waals surface area contributed by atoms with Crippen molar-refractivity contribution in [1.29, 1.82) is 0 Å². The molecule has 4 aliphatic rings. The van der Waals surface area contributed by atoms with Crippen molar-refractivity contribution < 1.29 is 36.1 Å². The van der Waals surface area contributed by atoms with Crippen LogP contribution in [0, 0.1) is 17.3 Å². The van der Waals surface area contributed by atoms with Crippen LogP contribution in [0.1, 0.15) is 84.3 Å². The molecule has 0 aromatic heterocycles. The van der Waals surface area contributed by atoms with Gasteiger partial charge in [0.25, 0.3) is 0 Å². The first-order valence-corrected chi connectivity index (χ1v) is 15.6. The summed E-state index contributed by atoms with van der Waals surface area (Å²) in [5.41, 5.74) is 1.83. The van der Waals surface area contributed by atoms with Crippen LogP contribution in [0.15, 0.2) is 48.5 Å². The van der Waals surface area contributed by atoms with E-state index in [1.54, 1.807) is 0 Å². The van der Waals surface area contributed by atoms with Gasteiger partial charge in [-0.1, -0.05) is 83.1 Å². The molecule has 4 bridgehead atoms. The summed E-state index contributed by atoms with van der Waals surface area (Å²) in [5.74, 6) is -2.64. The zero-order chi connectivity index (χ0) is 30.2. The molecule has 0 spiro atoms. The van der Waals surface area contributed by atoms with Gasteiger partial charge in [0.15, 0.2) is 0 Å². The summed E-state index contributed by atoms with van der Waals surface area (Å²) >= 11 is 0. The number of rotatable bonds is 7. The van der Waals surface area contributed by atoms with E-state index in [-0.39, 0.29) is 30.0 Å². The van der Waals surface area contributed by atoms with Crippen LogP contribution in [0.4, 0.5) is 8.78 Å². The minimum absolute atomic E-state index is 0.00148. The standard InChI is InChI=1S/C32H38F2O6S/c1-28(2,3)24-10-6-21(7-11-24)22-8-12-25(13-9-22)29(4,5)18-30-15-20-14-23(26(30)35)17-31(16-20,19-30)40-27(36)32(33,34)41(37,38)39/h6-13,20,23H,14-19H2,1-5H3,(H,37,38,39). The molecule has 4 saturated carbocycles. The van der Waals surface area contributed by atoms with Crippen molar-refractivity contribution in [3.05, 3.63) is 59.7 Å². The predicted molar refractivity (Wildman–Crippen MR) is 151 cm³/mol. The van der Waals surface area contributed by atoms with Crippen LogP contribution in [0.25, 0.3) is 11.1 Å². The average Bonchev–Trinajstić information content (AvgIpc) is 2.85. The molecule has 4 aliphatic carbocycles. The van der Waals surface area contributed by atoms with Gasteiger partial charge in [0, 0.05) is 11.3 Å². The predicted octanol–water partition coefficient (Wildman–Crippen LogP) is 6.86. The first kappa shape index (κ1) is 29.8. The zero-order valence-corrected chi connectivity index (χ0v) is 25.0. The highest BCUT2D eigenvalue weighted by atomic mass is 32.2. The molecule has 9 heteroatoms. The Morgan fingerprint density at radius 2 is 1.46 bits per heavy atom. The number of alkyl halides is 2. The Morgan fingerprint density at radius 3 is 1.98 bits per heavy atom. The largest absolute Gasteiger partial charge is 0.465 e. The molecular formula is C32H38F2O6S. The maximum Gasteiger partial charge on any atom is 0.465 e. The number of hydrogen-bond donors (Lipinski definition) is 1. The molecule has 6 rings (SSSR count). The van der Waals surface area contributed by atoms with Crippen LogP contribution in [-0.2, 0) is 35.3 Å². The monoisotopic (exact) mass is 588 g/mol. The molecule has 1 N–H and O–H groups in total. The van der Waals surface area contributed by atoms with Crippen molar-refractivity contribution in [3.8, 4) is 11.1 Å². The fraction of sp³-hybridized carbons (Fsp3) is 0.562. The van der Waals surface area contributed by atoms with Crippen LogP contribution in [-0.4, -0.2) is 35.6 Å². The van der Waals surface area contributed by atoms with E-state index in [0.29, 0.717) is 25.7 Å². The summed E-state index contributed by atoms with van der Waals surface area (Å²) in [6.45, 7) is 10.6. The van der Waals surface area contributed by atoms with Gasteiger partial charge < -0.3 is 4.74 Å². The molecule has 2 aromatic rings. The van der Waals surface area contributed by atoms with Crippen LogP contribution in [0.2, 0.25) is 0 Å². The van der Waals surface area contributed by atoms with Crippen LogP contribution in [0.3, 0.4) is 0 Å². The molecule has 4 unspecified atom stereocenters. The number of benzene rings is 2. The van der Waals surface area contributed by atoms with Gasteiger partial charge in [0.2, 0.25) is 0 Å². The van der Waals surface area contributed by atoms with E-state index in [1.165, 1.54) is 5.56 Å². The Labute approximate surface area is 240 Å². The Morgan fingerprint density at radius 1 is 0.927 bits per heavy atom. The smallest absolute Gasteiger partial charge is 0.454 e. The Bertz CT molecular complexity index is 1470. The van der Waals surface area contributed by atoms with Crippen molar-refractivity contribution in [2.24, 2.45) is 17.3 Å². The second kappa shape index (κ2) is 9.43. The molecule has 4 atom stereocenters. The van der Waals surface area contributed by atoms with E-state index >= 15 is 0 Å². The third kappa shape index (κ3) is 5.24. The van der Waals surface area contributed by atoms with Crippen molar-refractivity contribution >= 4 is 21.9 Å². The fourth-order valence-corrected chi connectivity index (χ4v) is 8.17. The van der Waals surface area contributed by atoms with Gasteiger partial charge in [-0.25, -0.2) is 4.79 Å². The summed E-state index contributed by atoms with van der Waals surface area (Å²) < 4.78 is 64.7. The fourth-order valence-electron chi connectivity index (χ4n) is 7.92. The number of ketones is 1. The molecule has 0 heterocycles. The normalized spacial score (nSPS) is 28.1. The van der Waals surface area contributed by atoms with Crippen molar-refractivity contribution in [1.82, 2.24) is 0 Å². The molecule has 222 valence electrons. The summed E-state index contributed by atoms with van der Waals surface area (Å²) in [6.07, 6.45) is 2.10. The number of carbonyl (C=O) groups is 2. The lowest BCUT2D eigenvalue weighted by molar-refractivity contribution is -0.213. The van der Waals surface area contributed by atoms with Crippen molar-refractivity contribution in [3.63, 3.8) is 0 Å². The lowest BCUT2D eigenvalue weighted by atomic mass is 9.44. The highest BCUT2D eigenvalue weighted by Gasteiger charge is 2.66. The van der Waals surface area contributed by atoms with Gasteiger partial charge in [0.1, 0.15) is 11.4 Å². The van der Waals surface area contributed by atoms with Crippen LogP contribution >= 0.6 is 0 Å². The third-order valence-corrected chi connectivity index (χ3v) is 10.3. The van der Waals surface area contributed by atoms with Gasteiger partial charge in [-0.15, -0.1) is 0 Å². The SMILES string of the molecule is CC(C)(C)c1ccc(-c2ccc(C(C)(C)CC34CC5CC(CC(OC(=O)C(F)(F)S(=O)(=O)O)(C5)C3)C4=O)cc2)cc1. The Kier molecular flexibility index (Phi) is 6.86. The summed E-state index contributed by atoms with van der Waals surface area (Å²) in [6, 6.07) is 16.7. The van der Waals surface area contributed by atoms with E-state index < -0.39 is 43.7 Å². The molecule has 4 fully saturated rings. The van der Waals surface area contributed by atoms with Gasteiger partial charge in [0.05, 0.1) is 0 Å². The summed E-state index contributed by atoms with van der Waals surface area (Å²) in [4.78, 5) is 26.0. The molecule has 2 aromatic carbocycles. The minimum Gasteiger partial charge on any atom is -0.454 e. The van der Waals surface area contributed by atoms with Gasteiger partial charge in [-0.2, -0.15) is 17.2 Å². The lowest BCUT2D eigenvalue weighted by Crippen LogP contribution is -2.63. The number of ether oxygens (including phenoxy) is 1. The van der Waals surface area contributed by atoms with E-state index in [0.717, 1.165) is 16.7 Å². The number of Topliss-reactive ketones (excluding diaryl/α,β-unsaturated/α-hetero) is 1. The Balaban J connectivity index is 1.38. The average molecular weight is 589 g/mol. The zero-order valence-electron chi connectivity index (χ0n) is 24.2. The van der Waals surface area contributed by atoms with E-state index in [9.17, 15) is 26.8 Å². The lowest BCUT2D eigenvalue weighted by Gasteiger charge is -2.61. The summed E-state index contributed by atoms with van der Waals surface area (Å²) in [7, 11) is -5.98. The number of halogens is 2. The Hall–Kier alpha value is -2.65. The molecule has 0 amide bonds. The second-order valence-electron chi connectivity index (χ2n) is 14.3. The summed E-state index contributed by atoms with van der Waals surface area (Å²) in [5, 5.41) is -5.07. The maximum atomic E-state index is 14.1. The quantitative estimate of drug-likeness (QED) is 0.280. The topological polar surface area (TPSA) is 97.7 Å². The minimum atomic E-state index is -5.98. The number of hydrogen-bond acceptors (Lipinski definition) is 5. The van der Waals surface area contributed by atoms with E-state index in [2.05, 4.69) is 83.1 Å². The van der Waals surface area contributed by atoms with Crippen LogP contribution < -0.4 is 0 Å². The number of carbonyl (C=O) groups excluding carboxylic acids is 2.